The molecule has 5 rings (SSSR count). The molecule has 0 amide bonds. The summed E-state index contributed by atoms with van der Waals surface area (Å²) in [6, 6.07) is 9.80. The molecule has 2 aromatic rings. The minimum Gasteiger partial charge on any atom is -0.507 e. The highest BCUT2D eigenvalue weighted by Gasteiger charge is 2.76. The minimum absolute atomic E-state index is 0.0372. The zero-order valence-corrected chi connectivity index (χ0v) is 25.1. The van der Waals surface area contributed by atoms with E-state index < -0.39 is 69.0 Å². The number of aromatic hydroxyl groups is 1. The first kappa shape index (κ1) is 30.6. The summed E-state index contributed by atoms with van der Waals surface area (Å²) in [5.41, 5.74) is -3.50. The van der Waals surface area contributed by atoms with Crippen LogP contribution in [-0.2, 0) is 30.3 Å². The van der Waals surface area contributed by atoms with E-state index in [1.54, 1.807) is 51.1 Å². The average Bonchev–Trinajstić information content (AvgIpc) is 2.90. The van der Waals surface area contributed by atoms with Gasteiger partial charge in [0.25, 0.3) is 0 Å². The van der Waals surface area contributed by atoms with Gasteiger partial charge in [-0.3, -0.25) is 28.8 Å². The van der Waals surface area contributed by atoms with Crippen LogP contribution in [-0.4, -0.2) is 64.2 Å². The van der Waals surface area contributed by atoms with Crippen molar-refractivity contribution in [2.45, 2.75) is 53.1 Å². The van der Waals surface area contributed by atoms with Crippen molar-refractivity contribution in [2.24, 2.45) is 34.5 Å². The topological polar surface area (TPSA) is 152 Å². The Hall–Kier alpha value is -3.82. The molecule has 3 unspecified atom stereocenters. The summed E-state index contributed by atoms with van der Waals surface area (Å²) < 4.78 is 4.98. The molecule has 2 saturated carbocycles. The molecule has 0 aliphatic heterocycles. The predicted octanol–water partition coefficient (Wildman–Crippen LogP) is 3.59. The van der Waals surface area contributed by atoms with Crippen molar-refractivity contribution in [1.82, 2.24) is 0 Å². The Balaban J connectivity index is 1.71. The van der Waals surface area contributed by atoms with E-state index in [0.717, 1.165) is 6.92 Å². The standard InChI is InChI=1S/C34H36O9/c1-16(2)26-28(38)24(17(3)35)30(40)34(42)31(41)27-29(39)25-21(13-32(27,4)15-33(26,34)5)20(10-11-22(25)36)18-8-7-9-19(12-18)23(37)14-43-6/h7-12,16,24,26-27,36,42H,13-15H2,1-6H3/t24?,26?,27?,32-,33-,34+/m1/s1. The Morgan fingerprint density at radius 2 is 1.72 bits per heavy atom. The highest BCUT2D eigenvalue weighted by atomic mass is 16.5. The van der Waals surface area contributed by atoms with Gasteiger partial charge < -0.3 is 14.9 Å². The zero-order chi connectivity index (χ0) is 31.8. The number of carbonyl (C=O) groups excluding carboxylic acids is 6. The molecule has 0 saturated heterocycles. The number of phenols is 1. The molecule has 43 heavy (non-hydrogen) atoms. The summed E-state index contributed by atoms with van der Waals surface area (Å²) in [5.74, 6) is -9.63. The molecular weight excluding hydrogens is 552 g/mol. The van der Waals surface area contributed by atoms with Gasteiger partial charge in [-0.15, -0.1) is 0 Å². The van der Waals surface area contributed by atoms with Crippen molar-refractivity contribution in [2.75, 3.05) is 13.7 Å². The van der Waals surface area contributed by atoms with Crippen molar-refractivity contribution >= 4 is 34.7 Å². The Morgan fingerprint density at radius 1 is 1.05 bits per heavy atom. The smallest absolute Gasteiger partial charge is 0.190 e. The number of benzene rings is 2. The van der Waals surface area contributed by atoms with Gasteiger partial charge in [-0.25, -0.2) is 0 Å². The maximum atomic E-state index is 14.4. The van der Waals surface area contributed by atoms with Gasteiger partial charge in [0.15, 0.2) is 34.5 Å². The van der Waals surface area contributed by atoms with Crippen LogP contribution in [0.1, 0.15) is 67.3 Å². The summed E-state index contributed by atoms with van der Waals surface area (Å²) in [6.45, 7) is 7.73. The van der Waals surface area contributed by atoms with E-state index in [9.17, 15) is 39.0 Å². The largest absolute Gasteiger partial charge is 0.507 e. The monoisotopic (exact) mass is 588 g/mol. The van der Waals surface area contributed by atoms with Crippen molar-refractivity contribution in [3.8, 4) is 16.9 Å². The third kappa shape index (κ3) is 4.12. The van der Waals surface area contributed by atoms with E-state index >= 15 is 0 Å². The van der Waals surface area contributed by atoms with Crippen LogP contribution in [0.2, 0.25) is 0 Å². The molecule has 2 N–H and O–H groups in total. The molecule has 0 bridgehead atoms. The van der Waals surface area contributed by atoms with E-state index in [4.69, 9.17) is 4.74 Å². The van der Waals surface area contributed by atoms with E-state index in [1.165, 1.54) is 20.1 Å². The number of ether oxygens (including phenoxy) is 1. The van der Waals surface area contributed by atoms with Crippen molar-refractivity contribution in [3.63, 3.8) is 0 Å². The maximum Gasteiger partial charge on any atom is 0.190 e. The molecular formula is C34H36O9. The van der Waals surface area contributed by atoms with Crippen LogP contribution < -0.4 is 0 Å². The molecule has 0 heterocycles. The zero-order valence-electron chi connectivity index (χ0n) is 25.1. The lowest BCUT2D eigenvalue weighted by molar-refractivity contribution is -0.205. The van der Waals surface area contributed by atoms with E-state index in [2.05, 4.69) is 0 Å². The van der Waals surface area contributed by atoms with Crippen LogP contribution in [0.25, 0.3) is 11.1 Å². The molecule has 0 aromatic heterocycles. The SMILES string of the molecule is COCC(=O)c1cccc(-c2ccc(O)c3c2C[C@]2(C)C[C@]4(C)C(C(C)C)C(=O)C(C(C)=O)C(=O)[C@]4(O)C(=O)C2C3=O)c1. The fourth-order valence-electron chi connectivity index (χ4n) is 8.48. The number of phenolic OH excluding ortho intramolecular Hbond substituents is 1. The molecule has 0 spiro atoms. The van der Waals surface area contributed by atoms with E-state index in [1.807, 2.05) is 0 Å². The van der Waals surface area contributed by atoms with Crippen LogP contribution in [0.4, 0.5) is 0 Å². The van der Waals surface area contributed by atoms with Gasteiger partial charge in [0, 0.05) is 24.0 Å². The van der Waals surface area contributed by atoms with E-state index in [-0.39, 0.29) is 36.5 Å². The summed E-state index contributed by atoms with van der Waals surface area (Å²) in [5, 5.41) is 23.0. The van der Waals surface area contributed by atoms with Gasteiger partial charge in [0.05, 0.1) is 11.5 Å². The molecule has 9 heteroatoms. The van der Waals surface area contributed by atoms with Gasteiger partial charge in [0.2, 0.25) is 0 Å². The summed E-state index contributed by atoms with van der Waals surface area (Å²) >= 11 is 0. The highest BCUT2D eigenvalue weighted by Crippen LogP contribution is 2.64. The lowest BCUT2D eigenvalue weighted by Gasteiger charge is -2.61. The number of carbonyl (C=O) groups is 6. The van der Waals surface area contributed by atoms with Crippen molar-refractivity contribution in [3.05, 3.63) is 53.1 Å². The first-order chi connectivity index (χ1) is 20.0. The predicted molar refractivity (Wildman–Crippen MR) is 155 cm³/mol. The van der Waals surface area contributed by atoms with Crippen LogP contribution >= 0.6 is 0 Å². The number of methoxy groups -OCH3 is 1. The third-order valence-electron chi connectivity index (χ3n) is 10.0. The Bertz CT molecular complexity index is 1620. The maximum absolute atomic E-state index is 14.4. The Labute approximate surface area is 249 Å². The van der Waals surface area contributed by atoms with Crippen molar-refractivity contribution < 1.29 is 43.7 Å². The van der Waals surface area contributed by atoms with E-state index in [0.29, 0.717) is 22.3 Å². The molecule has 2 aromatic carbocycles. The number of rotatable bonds is 6. The number of aliphatic hydroxyl groups is 1. The van der Waals surface area contributed by atoms with Crippen LogP contribution in [0.5, 0.6) is 5.75 Å². The fourth-order valence-corrected chi connectivity index (χ4v) is 8.48. The first-order valence-corrected chi connectivity index (χ1v) is 14.4. The van der Waals surface area contributed by atoms with Crippen molar-refractivity contribution in [1.29, 1.82) is 0 Å². The minimum atomic E-state index is -2.74. The second kappa shape index (κ2) is 10.1. The molecule has 0 radical (unpaired) electrons. The van der Waals surface area contributed by atoms with Crippen LogP contribution in [0.15, 0.2) is 36.4 Å². The van der Waals surface area contributed by atoms with Gasteiger partial charge in [-0.2, -0.15) is 0 Å². The second-order valence-electron chi connectivity index (χ2n) is 13.3. The summed E-state index contributed by atoms with van der Waals surface area (Å²) in [6.07, 6.45) is 0.0734. The summed E-state index contributed by atoms with van der Waals surface area (Å²) in [4.78, 5) is 81.2. The molecule has 3 aliphatic rings. The quantitative estimate of drug-likeness (QED) is 0.381. The molecule has 226 valence electrons. The normalized spacial score (nSPS) is 31.9. The number of Topliss-reactive ketones (excluding diaryl/α,β-unsaturated/α-hetero) is 6. The van der Waals surface area contributed by atoms with Gasteiger partial charge in [-0.1, -0.05) is 52.0 Å². The summed E-state index contributed by atoms with van der Waals surface area (Å²) in [7, 11) is 1.42. The lowest BCUT2D eigenvalue weighted by Crippen LogP contribution is -2.76. The molecule has 6 atom stereocenters. The number of ketones is 6. The molecule has 3 aliphatic carbocycles. The first-order valence-electron chi connectivity index (χ1n) is 14.4. The molecule has 2 fully saturated rings. The highest BCUT2D eigenvalue weighted by molar-refractivity contribution is 6.32. The molecule has 9 nitrogen and oxygen atoms in total. The van der Waals surface area contributed by atoms with Crippen LogP contribution in [0.3, 0.4) is 0 Å². The fraction of sp³-hybridized carbons (Fsp3) is 0.471. The number of fused-ring (bicyclic) bond motifs is 3. The third-order valence-corrected chi connectivity index (χ3v) is 10.0. The number of hydrogen-bond acceptors (Lipinski definition) is 9. The van der Waals surface area contributed by atoms with Crippen LogP contribution in [0, 0.1) is 34.5 Å². The van der Waals surface area contributed by atoms with Gasteiger partial charge in [-0.05, 0) is 59.9 Å². The van der Waals surface area contributed by atoms with Gasteiger partial charge >= 0.3 is 0 Å². The Kier molecular flexibility index (Phi) is 7.22. The van der Waals surface area contributed by atoms with Gasteiger partial charge in [0.1, 0.15) is 24.1 Å². The number of hydrogen-bond donors (Lipinski definition) is 2. The lowest BCUT2D eigenvalue weighted by atomic mass is 9.40. The average molecular weight is 589 g/mol. The Morgan fingerprint density at radius 3 is 2.33 bits per heavy atom. The second-order valence-corrected chi connectivity index (χ2v) is 13.3.